The third kappa shape index (κ3) is 1.27. The zero-order valence-corrected chi connectivity index (χ0v) is 8.81. The Morgan fingerprint density at radius 1 is 1.13 bits per heavy atom. The minimum atomic E-state index is -0.356. The van der Waals surface area contributed by atoms with Crippen LogP contribution in [0.1, 0.15) is 5.69 Å². The standard InChI is InChI=1S/C10H11N3O2/c1-6-4-5-7-8(11-6)12(2)10(15)13(3)9(7)14/h4-5H,1-3H3. The van der Waals surface area contributed by atoms with E-state index in [9.17, 15) is 9.59 Å². The minimum absolute atomic E-state index is 0.305. The summed E-state index contributed by atoms with van der Waals surface area (Å²) < 4.78 is 2.46. The largest absolute Gasteiger partial charge is 0.332 e. The average molecular weight is 205 g/mol. The van der Waals surface area contributed by atoms with E-state index < -0.39 is 0 Å². The number of aromatic nitrogens is 3. The summed E-state index contributed by atoms with van der Waals surface area (Å²) in [5, 5.41) is 0.463. The van der Waals surface area contributed by atoms with E-state index >= 15 is 0 Å². The predicted octanol–water partition coefficient (Wildman–Crippen LogP) is -0.0594. The number of aryl methyl sites for hydroxylation is 2. The molecule has 5 nitrogen and oxygen atoms in total. The Morgan fingerprint density at radius 3 is 2.47 bits per heavy atom. The fourth-order valence-corrected chi connectivity index (χ4v) is 1.55. The first-order valence-corrected chi connectivity index (χ1v) is 4.55. The van der Waals surface area contributed by atoms with Gasteiger partial charge in [0.1, 0.15) is 5.65 Å². The lowest BCUT2D eigenvalue weighted by atomic mass is 10.3. The summed E-state index contributed by atoms with van der Waals surface area (Å²) in [6.07, 6.45) is 0. The molecule has 0 radical (unpaired) electrons. The molecule has 0 aliphatic heterocycles. The van der Waals surface area contributed by atoms with Crippen molar-refractivity contribution in [2.75, 3.05) is 0 Å². The second kappa shape index (κ2) is 3.05. The molecule has 2 aromatic heterocycles. The third-order valence-electron chi connectivity index (χ3n) is 2.44. The Labute approximate surface area is 85.6 Å². The molecule has 0 aromatic carbocycles. The molecule has 0 aliphatic rings. The molecule has 0 bridgehead atoms. The molecule has 2 heterocycles. The van der Waals surface area contributed by atoms with E-state index in [1.807, 2.05) is 6.92 Å². The third-order valence-corrected chi connectivity index (χ3v) is 2.44. The first-order valence-electron chi connectivity index (χ1n) is 4.55. The molecule has 0 N–H and O–H groups in total. The summed E-state index contributed by atoms with van der Waals surface area (Å²) in [5.41, 5.74) is 0.556. The van der Waals surface area contributed by atoms with Crippen molar-refractivity contribution in [1.82, 2.24) is 14.1 Å². The van der Waals surface area contributed by atoms with Gasteiger partial charge in [-0.2, -0.15) is 0 Å². The van der Waals surface area contributed by atoms with E-state index in [-0.39, 0.29) is 11.2 Å². The molecule has 0 unspecified atom stereocenters. The van der Waals surface area contributed by atoms with E-state index in [0.717, 1.165) is 10.3 Å². The highest BCUT2D eigenvalue weighted by molar-refractivity contribution is 5.73. The van der Waals surface area contributed by atoms with Crippen LogP contribution in [0.4, 0.5) is 0 Å². The Kier molecular flexibility index (Phi) is 1.96. The Balaban J connectivity index is 3.15. The zero-order chi connectivity index (χ0) is 11.2. The molecule has 0 atom stereocenters. The number of nitrogens with zero attached hydrogens (tertiary/aromatic N) is 3. The SMILES string of the molecule is Cc1ccc2c(=O)n(C)c(=O)n(C)c2n1. The van der Waals surface area contributed by atoms with E-state index in [1.54, 1.807) is 19.2 Å². The van der Waals surface area contributed by atoms with Crippen LogP contribution in [0.15, 0.2) is 21.7 Å². The first kappa shape index (κ1) is 9.64. The van der Waals surface area contributed by atoms with E-state index in [4.69, 9.17) is 0 Å². The van der Waals surface area contributed by atoms with Crippen molar-refractivity contribution in [3.63, 3.8) is 0 Å². The van der Waals surface area contributed by atoms with Crippen LogP contribution in [0, 0.1) is 6.92 Å². The van der Waals surface area contributed by atoms with Crippen LogP contribution >= 0.6 is 0 Å². The van der Waals surface area contributed by atoms with Gasteiger partial charge in [0.05, 0.1) is 5.39 Å². The summed E-state index contributed by atoms with van der Waals surface area (Å²) in [6, 6.07) is 3.45. The summed E-state index contributed by atoms with van der Waals surface area (Å²) in [6.45, 7) is 1.82. The van der Waals surface area contributed by atoms with Gasteiger partial charge in [-0.05, 0) is 19.1 Å². The maximum Gasteiger partial charge on any atom is 0.332 e. The fourth-order valence-electron chi connectivity index (χ4n) is 1.55. The maximum absolute atomic E-state index is 11.7. The fraction of sp³-hybridized carbons (Fsp3) is 0.300. The molecular weight excluding hydrogens is 194 g/mol. The summed E-state index contributed by atoms with van der Waals surface area (Å²) >= 11 is 0. The molecule has 78 valence electrons. The Morgan fingerprint density at radius 2 is 1.80 bits per heavy atom. The first-order chi connectivity index (χ1) is 7.02. The lowest BCUT2D eigenvalue weighted by molar-refractivity contribution is 0.707. The molecule has 0 saturated carbocycles. The van der Waals surface area contributed by atoms with Crippen molar-refractivity contribution in [1.29, 1.82) is 0 Å². The van der Waals surface area contributed by atoms with Crippen molar-refractivity contribution in [3.8, 4) is 0 Å². The van der Waals surface area contributed by atoms with Crippen molar-refractivity contribution < 1.29 is 0 Å². The van der Waals surface area contributed by atoms with Crippen LogP contribution in [0.25, 0.3) is 11.0 Å². The highest BCUT2D eigenvalue weighted by atomic mass is 16.2. The highest BCUT2D eigenvalue weighted by Crippen LogP contribution is 2.04. The quantitative estimate of drug-likeness (QED) is 0.605. The molecule has 0 fully saturated rings. The number of hydrogen-bond acceptors (Lipinski definition) is 3. The van der Waals surface area contributed by atoms with Gasteiger partial charge < -0.3 is 0 Å². The topological polar surface area (TPSA) is 56.9 Å². The van der Waals surface area contributed by atoms with E-state index in [2.05, 4.69) is 4.98 Å². The molecule has 2 aromatic rings. The predicted molar refractivity (Wildman–Crippen MR) is 57.0 cm³/mol. The van der Waals surface area contributed by atoms with Gasteiger partial charge in [0, 0.05) is 19.8 Å². The smallest absolute Gasteiger partial charge is 0.280 e. The van der Waals surface area contributed by atoms with Crippen molar-refractivity contribution >= 4 is 11.0 Å². The van der Waals surface area contributed by atoms with Gasteiger partial charge in [-0.15, -0.1) is 0 Å². The monoisotopic (exact) mass is 205 g/mol. The number of rotatable bonds is 0. The number of pyridine rings is 1. The van der Waals surface area contributed by atoms with Crippen molar-refractivity contribution in [2.24, 2.45) is 14.1 Å². The van der Waals surface area contributed by atoms with Gasteiger partial charge in [-0.25, -0.2) is 9.78 Å². The molecule has 5 heteroatoms. The summed E-state index contributed by atoms with van der Waals surface area (Å²) in [5.74, 6) is 0. The normalized spacial score (nSPS) is 10.9. The lowest BCUT2D eigenvalue weighted by Gasteiger charge is -2.06. The summed E-state index contributed by atoms with van der Waals surface area (Å²) in [4.78, 5) is 27.5. The van der Waals surface area contributed by atoms with Crippen LogP contribution in [-0.2, 0) is 14.1 Å². The van der Waals surface area contributed by atoms with Gasteiger partial charge in [0.25, 0.3) is 5.56 Å². The average Bonchev–Trinajstić information content (AvgIpc) is 2.23. The van der Waals surface area contributed by atoms with Gasteiger partial charge in [0.15, 0.2) is 0 Å². The number of fused-ring (bicyclic) bond motifs is 1. The molecule has 15 heavy (non-hydrogen) atoms. The van der Waals surface area contributed by atoms with Gasteiger partial charge in [-0.1, -0.05) is 0 Å². The lowest BCUT2D eigenvalue weighted by Crippen LogP contribution is -2.37. The van der Waals surface area contributed by atoms with Crippen LogP contribution in [0.2, 0.25) is 0 Å². The van der Waals surface area contributed by atoms with Crippen molar-refractivity contribution in [2.45, 2.75) is 6.92 Å². The van der Waals surface area contributed by atoms with E-state index in [0.29, 0.717) is 11.0 Å². The van der Waals surface area contributed by atoms with Crippen LogP contribution in [0.3, 0.4) is 0 Å². The molecular formula is C10H11N3O2. The maximum atomic E-state index is 11.7. The van der Waals surface area contributed by atoms with Crippen LogP contribution in [-0.4, -0.2) is 14.1 Å². The molecule has 2 rings (SSSR count). The van der Waals surface area contributed by atoms with Crippen molar-refractivity contribution in [3.05, 3.63) is 38.7 Å². The summed E-state index contributed by atoms with van der Waals surface area (Å²) in [7, 11) is 3.07. The second-order valence-electron chi connectivity index (χ2n) is 3.53. The van der Waals surface area contributed by atoms with Crippen LogP contribution in [0.5, 0.6) is 0 Å². The molecule has 0 amide bonds. The molecule has 0 saturated heterocycles. The zero-order valence-electron chi connectivity index (χ0n) is 8.81. The van der Waals surface area contributed by atoms with Gasteiger partial charge in [0.2, 0.25) is 0 Å². The molecule has 0 spiro atoms. The van der Waals surface area contributed by atoms with Gasteiger partial charge >= 0.3 is 5.69 Å². The Hall–Kier alpha value is -1.91. The van der Waals surface area contributed by atoms with Gasteiger partial charge in [-0.3, -0.25) is 13.9 Å². The minimum Gasteiger partial charge on any atom is -0.280 e. The Bertz CT molecular complexity index is 652. The number of hydrogen-bond donors (Lipinski definition) is 0. The highest BCUT2D eigenvalue weighted by Gasteiger charge is 2.08. The van der Waals surface area contributed by atoms with E-state index in [1.165, 1.54) is 11.6 Å². The molecule has 0 aliphatic carbocycles. The van der Waals surface area contributed by atoms with Crippen LogP contribution < -0.4 is 11.2 Å². The second-order valence-corrected chi connectivity index (χ2v) is 3.53.